The van der Waals surface area contributed by atoms with Crippen LogP contribution in [0.1, 0.15) is 118 Å². The van der Waals surface area contributed by atoms with E-state index < -0.39 is 134 Å². The van der Waals surface area contributed by atoms with Crippen molar-refractivity contribution in [1.82, 2.24) is 26.6 Å². The number of carboxylic acid groups (broad SMARTS) is 2. The fourth-order valence-corrected chi connectivity index (χ4v) is 6.49. The SMILES string of the molecule is CC[C@H](C)[C@H](NC(=O)[C@H](CC(C)C)NC(=O)[C@@H](CCC(=O)O)NC(=O)CCC(=O)O)C(=O)N[C@@H](CC1CCCCC1)C(=O)NC1(C(=O)C(F)(F)C(F)(F)F)CC1. The predicted molar refractivity (Wildman–Crippen MR) is 188 cm³/mol. The topological polar surface area (TPSA) is 237 Å². The first kappa shape index (κ1) is 47.8. The van der Waals surface area contributed by atoms with Crippen molar-refractivity contribution in [2.75, 3.05) is 0 Å². The minimum atomic E-state index is -6.19. The second-order valence-corrected chi connectivity index (χ2v) is 15.3. The number of halogens is 5. The van der Waals surface area contributed by atoms with Crippen molar-refractivity contribution >= 4 is 47.3 Å². The predicted octanol–water partition coefficient (Wildman–Crippen LogP) is 3.13. The normalized spacial score (nSPS) is 18.3. The molecule has 0 bridgehead atoms. The Morgan fingerprint density at radius 2 is 1.25 bits per heavy atom. The monoisotopic (exact) mass is 811 g/mol. The number of alkyl halides is 5. The van der Waals surface area contributed by atoms with Crippen LogP contribution in [-0.2, 0) is 38.4 Å². The van der Waals surface area contributed by atoms with Gasteiger partial charge in [0.05, 0.1) is 6.42 Å². The van der Waals surface area contributed by atoms with E-state index in [1.807, 2.05) is 0 Å². The van der Waals surface area contributed by atoms with Gasteiger partial charge in [0, 0.05) is 12.8 Å². The number of aliphatic carboxylic acids is 2. The third-order valence-electron chi connectivity index (χ3n) is 10.1. The van der Waals surface area contributed by atoms with Crippen LogP contribution in [0.15, 0.2) is 0 Å². The molecule has 0 aromatic rings. The number of carboxylic acids is 2. The summed E-state index contributed by atoms with van der Waals surface area (Å²) in [6.45, 7) is 6.73. The molecule has 0 saturated heterocycles. The van der Waals surface area contributed by atoms with Gasteiger partial charge < -0.3 is 36.8 Å². The quantitative estimate of drug-likeness (QED) is 0.0745. The fraction of sp³-hybridized carbons (Fsp3) is 0.778. The summed E-state index contributed by atoms with van der Waals surface area (Å²) in [5, 5.41) is 30.0. The maximum absolute atomic E-state index is 14.1. The van der Waals surface area contributed by atoms with Crippen LogP contribution in [0.5, 0.6) is 0 Å². The second-order valence-electron chi connectivity index (χ2n) is 15.3. The molecule has 2 rings (SSSR count). The molecule has 0 aliphatic heterocycles. The molecule has 20 heteroatoms. The molecule has 56 heavy (non-hydrogen) atoms. The van der Waals surface area contributed by atoms with Crippen molar-refractivity contribution in [2.45, 2.75) is 159 Å². The molecule has 0 heterocycles. The average Bonchev–Trinajstić information content (AvgIpc) is 3.89. The van der Waals surface area contributed by atoms with Gasteiger partial charge in [-0.3, -0.25) is 38.4 Å². The summed E-state index contributed by atoms with van der Waals surface area (Å²) in [6, 6.07) is -5.67. The van der Waals surface area contributed by atoms with E-state index in [1.165, 1.54) is 0 Å². The molecule has 0 spiro atoms. The van der Waals surface area contributed by atoms with E-state index in [-0.39, 0.29) is 24.7 Å². The van der Waals surface area contributed by atoms with E-state index in [1.54, 1.807) is 27.7 Å². The maximum atomic E-state index is 14.1. The first-order valence-electron chi connectivity index (χ1n) is 18.9. The summed E-state index contributed by atoms with van der Waals surface area (Å²) in [7, 11) is 0. The van der Waals surface area contributed by atoms with E-state index in [0.29, 0.717) is 19.3 Å². The summed E-state index contributed by atoms with van der Waals surface area (Å²) in [5.41, 5.74) is -2.48. The molecule has 0 radical (unpaired) electrons. The van der Waals surface area contributed by atoms with Crippen LogP contribution in [0.3, 0.4) is 0 Å². The highest BCUT2D eigenvalue weighted by atomic mass is 19.4. The lowest BCUT2D eigenvalue weighted by Gasteiger charge is -2.32. The Balaban J connectivity index is 2.34. The smallest absolute Gasteiger partial charge is 0.461 e. The summed E-state index contributed by atoms with van der Waals surface area (Å²) < 4.78 is 67.4. The van der Waals surface area contributed by atoms with Crippen LogP contribution >= 0.6 is 0 Å². The lowest BCUT2D eigenvalue weighted by atomic mass is 9.84. The van der Waals surface area contributed by atoms with Gasteiger partial charge >= 0.3 is 24.0 Å². The minimum absolute atomic E-state index is 0.00356. The zero-order valence-corrected chi connectivity index (χ0v) is 32.0. The first-order valence-corrected chi connectivity index (χ1v) is 18.9. The number of carbonyl (C=O) groups excluding carboxylic acids is 6. The van der Waals surface area contributed by atoms with Crippen molar-refractivity contribution in [3.8, 4) is 0 Å². The summed E-state index contributed by atoms with van der Waals surface area (Å²) in [5.74, 6) is -16.5. The van der Waals surface area contributed by atoms with E-state index in [2.05, 4.69) is 26.6 Å². The van der Waals surface area contributed by atoms with Gasteiger partial charge in [0.1, 0.15) is 29.7 Å². The number of rotatable bonds is 23. The summed E-state index contributed by atoms with van der Waals surface area (Å²) >= 11 is 0. The molecule has 2 saturated carbocycles. The Morgan fingerprint density at radius 3 is 1.75 bits per heavy atom. The number of hydrogen-bond acceptors (Lipinski definition) is 8. The van der Waals surface area contributed by atoms with Gasteiger partial charge in [0.15, 0.2) is 0 Å². The van der Waals surface area contributed by atoms with Crippen LogP contribution in [0, 0.1) is 17.8 Å². The third kappa shape index (κ3) is 14.3. The highest BCUT2D eigenvalue weighted by Gasteiger charge is 2.71. The molecule has 2 aliphatic carbocycles. The van der Waals surface area contributed by atoms with Crippen molar-refractivity contribution in [3.63, 3.8) is 0 Å². The minimum Gasteiger partial charge on any atom is -0.481 e. The van der Waals surface area contributed by atoms with Crippen LogP contribution < -0.4 is 26.6 Å². The van der Waals surface area contributed by atoms with Crippen LogP contribution in [-0.4, -0.2) is 99.3 Å². The van der Waals surface area contributed by atoms with E-state index in [4.69, 9.17) is 10.2 Å². The highest BCUT2D eigenvalue weighted by molar-refractivity contribution is 6.02. The van der Waals surface area contributed by atoms with Crippen molar-refractivity contribution in [1.29, 1.82) is 0 Å². The third-order valence-corrected chi connectivity index (χ3v) is 10.1. The standard InChI is InChI=1S/C36H54F5N5O10/c1-5-20(4)28(45-30(53)23(17-19(2)3)43-29(52)22(11-13-26(48)49)42-25(47)12-14-27(50)51)32(55)44-24(18-21-9-7-6-8-10-21)31(54)46-34(15-16-34)33(56)35(37,38)36(39,40)41/h19-24,28H,5-18H2,1-4H3,(H,42,47)(H,43,52)(H,44,55)(H,45,53)(H,46,54)(H,48,49)(H,50,51)/t20-,22+,23-,24-,28-/m0/s1. The number of carbonyl (C=O) groups is 8. The Bertz CT molecular complexity index is 1450. The molecule has 2 fully saturated rings. The number of amides is 5. The number of nitrogens with one attached hydrogen (secondary N) is 5. The molecule has 0 aromatic heterocycles. The van der Waals surface area contributed by atoms with Crippen LogP contribution in [0.25, 0.3) is 0 Å². The molecule has 0 aromatic carbocycles. The van der Waals surface area contributed by atoms with Gasteiger partial charge in [-0.1, -0.05) is 66.2 Å². The number of hydrogen-bond donors (Lipinski definition) is 7. The number of ketones is 1. The van der Waals surface area contributed by atoms with Crippen molar-refractivity contribution in [3.05, 3.63) is 0 Å². The van der Waals surface area contributed by atoms with Gasteiger partial charge in [-0.05, 0) is 49.9 Å². The van der Waals surface area contributed by atoms with Gasteiger partial charge in [0.25, 0.3) is 0 Å². The van der Waals surface area contributed by atoms with Gasteiger partial charge in [-0.2, -0.15) is 22.0 Å². The Hall–Kier alpha value is -4.39. The largest absolute Gasteiger partial charge is 0.481 e. The van der Waals surface area contributed by atoms with Crippen LogP contribution in [0.2, 0.25) is 0 Å². The molecule has 5 amide bonds. The molecule has 318 valence electrons. The van der Waals surface area contributed by atoms with E-state index >= 15 is 0 Å². The Kier molecular flexibility index (Phi) is 17.6. The summed E-state index contributed by atoms with van der Waals surface area (Å²) in [6.07, 6.45) is -5.11. The molecule has 15 nitrogen and oxygen atoms in total. The lowest BCUT2D eigenvalue weighted by Crippen LogP contribution is -2.62. The molecule has 5 atom stereocenters. The fourth-order valence-electron chi connectivity index (χ4n) is 6.49. The average molecular weight is 812 g/mol. The molecular weight excluding hydrogens is 757 g/mol. The zero-order valence-electron chi connectivity index (χ0n) is 32.0. The van der Waals surface area contributed by atoms with Crippen molar-refractivity contribution in [2.24, 2.45) is 17.8 Å². The lowest BCUT2D eigenvalue weighted by molar-refractivity contribution is -0.270. The van der Waals surface area contributed by atoms with E-state index in [0.717, 1.165) is 19.3 Å². The van der Waals surface area contributed by atoms with Gasteiger partial charge in [-0.25, -0.2) is 0 Å². The second kappa shape index (κ2) is 20.7. The zero-order chi connectivity index (χ0) is 42.6. The van der Waals surface area contributed by atoms with Crippen molar-refractivity contribution < 1.29 is 70.5 Å². The van der Waals surface area contributed by atoms with Gasteiger partial charge in [-0.15, -0.1) is 0 Å². The first-order chi connectivity index (χ1) is 25.9. The maximum Gasteiger partial charge on any atom is 0.461 e. The molecule has 0 unspecified atom stereocenters. The van der Waals surface area contributed by atoms with Gasteiger partial charge in [0.2, 0.25) is 35.3 Å². The summed E-state index contributed by atoms with van der Waals surface area (Å²) in [4.78, 5) is 102. The molecular formula is C36H54F5N5O10. The molecule has 7 N–H and O–H groups in total. The number of Topliss-reactive ketones (excluding diaryl/α,β-unsaturated/α-hetero) is 1. The molecule has 2 aliphatic rings. The van der Waals surface area contributed by atoms with E-state index in [9.17, 15) is 60.3 Å². The Morgan fingerprint density at radius 1 is 0.696 bits per heavy atom. The highest BCUT2D eigenvalue weighted by Crippen LogP contribution is 2.46. The Labute approximate surface area is 321 Å². The van der Waals surface area contributed by atoms with Crippen LogP contribution in [0.4, 0.5) is 22.0 Å².